The Hall–Kier alpha value is -3.58. The van der Waals surface area contributed by atoms with Crippen molar-refractivity contribution in [3.63, 3.8) is 0 Å². The first-order chi connectivity index (χ1) is 12.8. The number of nitrogens with one attached hydrogen (secondary N) is 1. The molecule has 2 aromatic carbocycles. The van der Waals surface area contributed by atoms with E-state index in [4.69, 9.17) is 4.74 Å². The fourth-order valence-electron chi connectivity index (χ4n) is 2.90. The first-order valence-corrected chi connectivity index (χ1v) is 8.36. The van der Waals surface area contributed by atoms with Gasteiger partial charge in [-0.15, -0.1) is 0 Å². The maximum absolute atomic E-state index is 11.8. The van der Waals surface area contributed by atoms with E-state index in [0.717, 1.165) is 16.8 Å². The Morgan fingerprint density at radius 2 is 1.58 bits per heavy atom. The molecule has 0 aliphatic carbocycles. The molecule has 1 aliphatic rings. The van der Waals surface area contributed by atoms with Gasteiger partial charge in [-0.25, -0.2) is 9.78 Å². The summed E-state index contributed by atoms with van der Waals surface area (Å²) < 4.78 is 5.46. The molecular weight excluding hydrogens is 324 g/mol. The van der Waals surface area contributed by atoms with Crippen LogP contribution in [-0.4, -0.2) is 11.1 Å². The molecule has 2 heterocycles. The maximum Gasteiger partial charge on any atom is 0.408 e. The number of aromatic nitrogens is 1. The van der Waals surface area contributed by atoms with E-state index in [0.29, 0.717) is 5.69 Å². The predicted octanol–water partition coefficient (Wildman–Crippen LogP) is 4.00. The van der Waals surface area contributed by atoms with Crippen LogP contribution in [0.1, 0.15) is 34.7 Å². The first kappa shape index (κ1) is 15.9. The first-order valence-electron chi connectivity index (χ1n) is 8.36. The van der Waals surface area contributed by atoms with E-state index in [1.54, 1.807) is 0 Å². The zero-order valence-electron chi connectivity index (χ0n) is 13.9. The highest BCUT2D eigenvalue weighted by Gasteiger charge is 2.37. The summed E-state index contributed by atoms with van der Waals surface area (Å²) in [6.07, 6.45) is -0.847. The Balaban J connectivity index is 1.63. The van der Waals surface area contributed by atoms with Gasteiger partial charge in [-0.1, -0.05) is 60.5 Å². The molecule has 1 unspecified atom stereocenters. The van der Waals surface area contributed by atoms with Crippen LogP contribution in [0.4, 0.5) is 4.79 Å². The molecule has 1 saturated heterocycles. The fourth-order valence-corrected chi connectivity index (χ4v) is 2.90. The lowest BCUT2D eigenvalue weighted by Crippen LogP contribution is -2.20. The highest BCUT2D eigenvalue weighted by molar-refractivity contribution is 5.71. The maximum atomic E-state index is 11.8. The summed E-state index contributed by atoms with van der Waals surface area (Å²) in [6, 6.07) is 24.7. The molecule has 1 N–H and O–H groups in total. The minimum atomic E-state index is -0.438. The third kappa shape index (κ3) is 3.42. The van der Waals surface area contributed by atoms with Crippen molar-refractivity contribution in [1.29, 1.82) is 0 Å². The average molecular weight is 340 g/mol. The lowest BCUT2D eigenvalue weighted by molar-refractivity contribution is 0.132. The van der Waals surface area contributed by atoms with Crippen LogP contribution >= 0.6 is 0 Å². The summed E-state index contributed by atoms with van der Waals surface area (Å²) in [5.74, 6) is 6.18. The number of carbonyl (C=O) groups is 1. The normalized spacial score (nSPS) is 18.4. The fraction of sp³-hybridized carbons (Fsp3) is 0.0909. The van der Waals surface area contributed by atoms with E-state index >= 15 is 0 Å². The number of cyclic esters (lactones) is 1. The monoisotopic (exact) mass is 340 g/mol. The van der Waals surface area contributed by atoms with Crippen molar-refractivity contribution in [2.24, 2.45) is 0 Å². The molecule has 4 nitrogen and oxygen atoms in total. The number of hydrogen-bond donors (Lipinski definition) is 1. The molecule has 0 saturated carbocycles. The lowest BCUT2D eigenvalue weighted by Gasteiger charge is -2.16. The molecule has 1 aromatic heterocycles. The van der Waals surface area contributed by atoms with E-state index in [1.165, 1.54) is 0 Å². The van der Waals surface area contributed by atoms with Crippen LogP contribution in [0.3, 0.4) is 0 Å². The molecule has 1 amide bonds. The van der Waals surface area contributed by atoms with Crippen LogP contribution in [0.15, 0.2) is 78.9 Å². The molecule has 0 bridgehead atoms. The summed E-state index contributed by atoms with van der Waals surface area (Å²) in [6.45, 7) is 0. The van der Waals surface area contributed by atoms with Crippen LogP contribution in [0, 0.1) is 11.8 Å². The van der Waals surface area contributed by atoms with Gasteiger partial charge in [0.1, 0.15) is 11.7 Å². The van der Waals surface area contributed by atoms with Gasteiger partial charge in [0.05, 0.1) is 5.69 Å². The number of alkyl carbamates (subject to hydrolysis) is 1. The number of rotatable bonds is 2. The Morgan fingerprint density at radius 3 is 2.35 bits per heavy atom. The molecule has 26 heavy (non-hydrogen) atoms. The molecule has 0 spiro atoms. The largest absolute Gasteiger partial charge is 0.439 e. The average Bonchev–Trinajstić information content (AvgIpc) is 3.10. The van der Waals surface area contributed by atoms with E-state index < -0.39 is 12.2 Å². The molecule has 4 heteroatoms. The van der Waals surface area contributed by atoms with Crippen molar-refractivity contribution in [2.45, 2.75) is 12.1 Å². The van der Waals surface area contributed by atoms with Gasteiger partial charge < -0.3 is 10.1 Å². The van der Waals surface area contributed by atoms with Gasteiger partial charge >= 0.3 is 6.09 Å². The van der Waals surface area contributed by atoms with E-state index in [2.05, 4.69) is 22.1 Å². The van der Waals surface area contributed by atoms with E-state index in [1.807, 2.05) is 78.9 Å². The number of benzene rings is 2. The van der Waals surface area contributed by atoms with Crippen molar-refractivity contribution in [1.82, 2.24) is 10.3 Å². The van der Waals surface area contributed by atoms with Crippen LogP contribution < -0.4 is 5.32 Å². The van der Waals surface area contributed by atoms with Gasteiger partial charge in [-0.05, 0) is 35.7 Å². The number of amides is 1. The van der Waals surface area contributed by atoms with E-state index in [9.17, 15) is 4.79 Å². The van der Waals surface area contributed by atoms with Gasteiger partial charge in [0.25, 0.3) is 0 Å². The standard InChI is InChI=1S/C22H16N2O2/c25-22-24-20(21(26-22)17-10-5-2-6-11-17)19-13-7-12-18(23-19)15-14-16-8-3-1-4-9-16/h1-13,20-21H,(H,24,25)/t20-,21?/m1/s1. The van der Waals surface area contributed by atoms with Gasteiger partial charge in [-0.2, -0.15) is 0 Å². The zero-order chi connectivity index (χ0) is 17.8. The van der Waals surface area contributed by atoms with Gasteiger partial charge in [-0.3, -0.25) is 0 Å². The molecule has 1 fully saturated rings. The summed E-state index contributed by atoms with van der Waals surface area (Å²) in [4.78, 5) is 16.4. The second-order valence-electron chi connectivity index (χ2n) is 5.92. The van der Waals surface area contributed by atoms with Gasteiger partial charge in [0.2, 0.25) is 0 Å². The Bertz CT molecular complexity index is 975. The summed E-state index contributed by atoms with van der Waals surface area (Å²) in [5.41, 5.74) is 3.24. The molecule has 3 aromatic rings. The minimum absolute atomic E-state index is 0.344. The third-order valence-electron chi connectivity index (χ3n) is 4.14. The number of pyridine rings is 1. The second-order valence-corrected chi connectivity index (χ2v) is 5.92. The zero-order valence-corrected chi connectivity index (χ0v) is 13.9. The topological polar surface area (TPSA) is 51.2 Å². The molecule has 1 aliphatic heterocycles. The highest BCUT2D eigenvalue weighted by Crippen LogP contribution is 2.35. The predicted molar refractivity (Wildman–Crippen MR) is 98.2 cm³/mol. The third-order valence-corrected chi connectivity index (χ3v) is 4.14. The number of ether oxygens (including phenoxy) is 1. The molecular formula is C22H16N2O2. The minimum Gasteiger partial charge on any atom is -0.439 e. The molecule has 2 atom stereocenters. The Labute approximate surface area is 151 Å². The SMILES string of the molecule is O=C1N[C@H](c2cccc(C#Cc3ccccc3)n2)C(c2ccccc2)O1. The molecule has 126 valence electrons. The number of hydrogen-bond acceptors (Lipinski definition) is 3. The van der Waals surface area contributed by atoms with Gasteiger partial charge in [0.15, 0.2) is 6.10 Å². The Kier molecular flexibility index (Phi) is 4.36. The number of carbonyl (C=O) groups excluding carboxylic acids is 1. The second kappa shape index (κ2) is 7.12. The summed E-state index contributed by atoms with van der Waals surface area (Å²) in [5, 5.41) is 2.85. The smallest absolute Gasteiger partial charge is 0.408 e. The van der Waals surface area contributed by atoms with Crippen molar-refractivity contribution in [2.75, 3.05) is 0 Å². The molecule has 0 radical (unpaired) electrons. The summed E-state index contributed by atoms with van der Waals surface area (Å²) in [7, 11) is 0. The van der Waals surface area contributed by atoms with Crippen molar-refractivity contribution < 1.29 is 9.53 Å². The molecule has 4 rings (SSSR count). The van der Waals surface area contributed by atoms with Crippen LogP contribution in [0.2, 0.25) is 0 Å². The Morgan fingerprint density at radius 1 is 0.846 bits per heavy atom. The highest BCUT2D eigenvalue weighted by atomic mass is 16.6. The van der Waals surface area contributed by atoms with Crippen LogP contribution in [-0.2, 0) is 4.74 Å². The van der Waals surface area contributed by atoms with E-state index in [-0.39, 0.29) is 6.04 Å². The van der Waals surface area contributed by atoms with Gasteiger partial charge in [0, 0.05) is 5.56 Å². The number of nitrogens with zero attached hydrogens (tertiary/aromatic N) is 1. The summed E-state index contributed by atoms with van der Waals surface area (Å²) >= 11 is 0. The quantitative estimate of drug-likeness (QED) is 0.717. The van der Waals surface area contributed by atoms with Crippen LogP contribution in [0.5, 0.6) is 0 Å². The van der Waals surface area contributed by atoms with Crippen molar-refractivity contribution >= 4 is 6.09 Å². The lowest BCUT2D eigenvalue weighted by atomic mass is 10.00. The van der Waals surface area contributed by atoms with Crippen molar-refractivity contribution in [3.8, 4) is 11.8 Å². The van der Waals surface area contributed by atoms with Crippen molar-refractivity contribution in [3.05, 3.63) is 101 Å². The van der Waals surface area contributed by atoms with Crippen LogP contribution in [0.25, 0.3) is 0 Å².